The van der Waals surface area contributed by atoms with Crippen LogP contribution in [0.25, 0.3) is 5.65 Å². The summed E-state index contributed by atoms with van der Waals surface area (Å²) in [5.74, 6) is 1.70. The normalized spacial score (nSPS) is 20.4. The third-order valence-corrected chi connectivity index (χ3v) is 4.16. The number of likely N-dealkylation sites (tertiary alicyclic amines) is 1. The van der Waals surface area contributed by atoms with Gasteiger partial charge in [0.15, 0.2) is 17.2 Å². The lowest BCUT2D eigenvalue weighted by molar-refractivity contribution is 0.154. The second-order valence-corrected chi connectivity index (χ2v) is 5.36. The summed E-state index contributed by atoms with van der Waals surface area (Å²) in [6, 6.07) is 4.44. The number of hydrogen-bond donors (Lipinski definition) is 0. The molecule has 0 aliphatic carbocycles. The number of fused-ring (bicyclic) bond motifs is 1. The van der Waals surface area contributed by atoms with Gasteiger partial charge in [-0.05, 0) is 38.1 Å². The van der Waals surface area contributed by atoms with Crippen LogP contribution in [0.1, 0.15) is 32.0 Å². The van der Waals surface area contributed by atoms with Gasteiger partial charge in [0.2, 0.25) is 0 Å². The van der Waals surface area contributed by atoms with Gasteiger partial charge < -0.3 is 9.64 Å². The predicted molar refractivity (Wildman–Crippen MR) is 78.1 cm³/mol. The van der Waals surface area contributed by atoms with E-state index in [2.05, 4.69) is 21.9 Å². The Balaban J connectivity index is 1.83. The predicted octanol–water partition coefficient (Wildman–Crippen LogP) is 2.15. The number of hydrogen-bond acceptors (Lipinski definition) is 4. The van der Waals surface area contributed by atoms with Crippen LogP contribution in [-0.2, 0) is 6.42 Å². The Morgan fingerprint density at radius 1 is 1.40 bits per heavy atom. The summed E-state index contributed by atoms with van der Waals surface area (Å²) in [4.78, 5) is 7.19. The van der Waals surface area contributed by atoms with Gasteiger partial charge in [-0.15, -0.1) is 0 Å². The zero-order chi connectivity index (χ0) is 13.9. The van der Waals surface area contributed by atoms with Crippen molar-refractivity contribution in [3.05, 3.63) is 24.2 Å². The van der Waals surface area contributed by atoms with E-state index in [1.54, 1.807) is 7.11 Å². The van der Waals surface area contributed by atoms with E-state index in [0.717, 1.165) is 30.2 Å². The number of likely N-dealkylation sites (N-methyl/N-ethyl adjacent to an activating group) is 1. The number of methoxy groups -OCH3 is 1. The molecule has 108 valence electrons. The van der Waals surface area contributed by atoms with Crippen LogP contribution in [0.4, 0.5) is 0 Å². The van der Waals surface area contributed by atoms with Crippen LogP contribution >= 0.6 is 0 Å². The molecule has 3 rings (SSSR count). The number of pyridine rings is 1. The molecule has 2 aromatic heterocycles. The molecule has 0 aromatic carbocycles. The van der Waals surface area contributed by atoms with Gasteiger partial charge in [0.05, 0.1) is 7.11 Å². The van der Waals surface area contributed by atoms with Crippen molar-refractivity contribution >= 4 is 5.65 Å². The molecule has 0 radical (unpaired) electrons. The van der Waals surface area contributed by atoms with E-state index in [1.165, 1.54) is 25.8 Å². The summed E-state index contributed by atoms with van der Waals surface area (Å²) in [5.41, 5.74) is 0.809. The van der Waals surface area contributed by atoms with Crippen molar-refractivity contribution in [2.75, 3.05) is 20.2 Å². The Bertz CT molecular complexity index is 580. The summed E-state index contributed by atoms with van der Waals surface area (Å²) in [7, 11) is 1.67. The molecule has 2 aromatic rings. The van der Waals surface area contributed by atoms with Crippen LogP contribution in [0.15, 0.2) is 18.3 Å². The summed E-state index contributed by atoms with van der Waals surface area (Å²) in [5, 5.41) is 4.58. The molecular formula is C15H22N4O. The van der Waals surface area contributed by atoms with Crippen molar-refractivity contribution in [3.8, 4) is 5.75 Å². The van der Waals surface area contributed by atoms with E-state index in [1.807, 2.05) is 22.8 Å². The fourth-order valence-corrected chi connectivity index (χ4v) is 3.09. The highest BCUT2D eigenvalue weighted by Gasteiger charge is 2.23. The third-order valence-electron chi connectivity index (χ3n) is 4.16. The SMILES string of the molecule is CCN1CCCCC1Cc1nc2c(OC)cccn2n1. The Kier molecular flexibility index (Phi) is 3.87. The zero-order valence-electron chi connectivity index (χ0n) is 12.2. The molecule has 1 unspecified atom stereocenters. The van der Waals surface area contributed by atoms with Crippen molar-refractivity contribution in [3.63, 3.8) is 0 Å². The minimum atomic E-state index is 0.581. The van der Waals surface area contributed by atoms with Gasteiger partial charge >= 0.3 is 0 Å². The summed E-state index contributed by atoms with van der Waals surface area (Å²) in [6.45, 7) is 4.55. The molecule has 1 aliphatic rings. The first-order chi connectivity index (χ1) is 9.81. The molecule has 1 fully saturated rings. The fraction of sp³-hybridized carbons (Fsp3) is 0.600. The van der Waals surface area contributed by atoms with Crippen LogP contribution in [0.3, 0.4) is 0 Å². The van der Waals surface area contributed by atoms with Gasteiger partial charge in [0.25, 0.3) is 0 Å². The maximum Gasteiger partial charge on any atom is 0.198 e. The Morgan fingerprint density at radius 3 is 3.10 bits per heavy atom. The van der Waals surface area contributed by atoms with Gasteiger partial charge in [0.1, 0.15) is 0 Å². The third kappa shape index (κ3) is 2.50. The molecular weight excluding hydrogens is 252 g/mol. The van der Waals surface area contributed by atoms with Crippen LogP contribution in [-0.4, -0.2) is 45.7 Å². The molecule has 20 heavy (non-hydrogen) atoms. The second kappa shape index (κ2) is 5.79. The first kappa shape index (κ1) is 13.4. The Morgan fingerprint density at radius 2 is 2.30 bits per heavy atom. The summed E-state index contributed by atoms with van der Waals surface area (Å²) < 4.78 is 7.15. The summed E-state index contributed by atoms with van der Waals surface area (Å²) >= 11 is 0. The summed E-state index contributed by atoms with van der Waals surface area (Å²) in [6.07, 6.45) is 6.74. The van der Waals surface area contributed by atoms with Crippen LogP contribution in [0, 0.1) is 0 Å². The molecule has 0 saturated carbocycles. The minimum Gasteiger partial charge on any atom is -0.493 e. The molecule has 3 heterocycles. The lowest BCUT2D eigenvalue weighted by atomic mass is 9.99. The fourth-order valence-electron chi connectivity index (χ4n) is 3.09. The molecule has 0 N–H and O–H groups in total. The first-order valence-corrected chi connectivity index (χ1v) is 7.44. The van der Waals surface area contributed by atoms with Crippen LogP contribution in [0.2, 0.25) is 0 Å². The van der Waals surface area contributed by atoms with Gasteiger partial charge in [-0.25, -0.2) is 9.50 Å². The largest absolute Gasteiger partial charge is 0.493 e. The first-order valence-electron chi connectivity index (χ1n) is 7.44. The lowest BCUT2D eigenvalue weighted by Gasteiger charge is -2.34. The maximum atomic E-state index is 5.34. The zero-order valence-corrected chi connectivity index (χ0v) is 12.2. The molecule has 1 aliphatic heterocycles. The Hall–Kier alpha value is -1.62. The minimum absolute atomic E-state index is 0.581. The number of nitrogens with zero attached hydrogens (tertiary/aromatic N) is 4. The van der Waals surface area contributed by atoms with Crippen LogP contribution < -0.4 is 4.74 Å². The molecule has 0 bridgehead atoms. The van der Waals surface area contributed by atoms with Gasteiger partial charge in [-0.2, -0.15) is 5.10 Å². The second-order valence-electron chi connectivity index (χ2n) is 5.36. The highest BCUT2D eigenvalue weighted by Crippen LogP contribution is 2.21. The Labute approximate surface area is 119 Å². The quantitative estimate of drug-likeness (QED) is 0.857. The number of aromatic nitrogens is 3. The molecule has 1 saturated heterocycles. The van der Waals surface area contributed by atoms with Gasteiger partial charge in [-0.1, -0.05) is 13.3 Å². The van der Waals surface area contributed by atoms with Crippen molar-refractivity contribution < 1.29 is 4.74 Å². The number of ether oxygens (including phenoxy) is 1. The van der Waals surface area contributed by atoms with E-state index >= 15 is 0 Å². The smallest absolute Gasteiger partial charge is 0.198 e. The molecule has 0 spiro atoms. The topological polar surface area (TPSA) is 42.7 Å². The number of piperidine rings is 1. The van der Waals surface area contributed by atoms with Crippen LogP contribution in [0.5, 0.6) is 5.75 Å². The van der Waals surface area contributed by atoms with E-state index in [9.17, 15) is 0 Å². The van der Waals surface area contributed by atoms with Crippen molar-refractivity contribution in [2.24, 2.45) is 0 Å². The standard InChI is InChI=1S/C15H22N4O/c1-3-18-9-5-4-7-12(18)11-14-16-15-13(20-2)8-6-10-19(15)17-14/h6,8,10,12H,3-5,7,9,11H2,1-2H3. The average Bonchev–Trinajstić information content (AvgIpc) is 2.90. The number of rotatable bonds is 4. The van der Waals surface area contributed by atoms with E-state index in [-0.39, 0.29) is 0 Å². The lowest BCUT2D eigenvalue weighted by Crippen LogP contribution is -2.40. The van der Waals surface area contributed by atoms with Crippen molar-refractivity contribution in [2.45, 2.75) is 38.6 Å². The molecule has 5 nitrogen and oxygen atoms in total. The van der Waals surface area contributed by atoms with E-state index < -0.39 is 0 Å². The molecule has 1 atom stereocenters. The monoisotopic (exact) mass is 274 g/mol. The highest BCUT2D eigenvalue weighted by molar-refractivity contribution is 5.52. The van der Waals surface area contributed by atoms with Gasteiger partial charge in [-0.3, -0.25) is 0 Å². The maximum absolute atomic E-state index is 5.34. The van der Waals surface area contributed by atoms with E-state index in [0.29, 0.717) is 6.04 Å². The van der Waals surface area contributed by atoms with Crippen molar-refractivity contribution in [1.82, 2.24) is 19.5 Å². The highest BCUT2D eigenvalue weighted by atomic mass is 16.5. The van der Waals surface area contributed by atoms with E-state index in [4.69, 9.17) is 4.74 Å². The van der Waals surface area contributed by atoms with Crippen molar-refractivity contribution in [1.29, 1.82) is 0 Å². The van der Waals surface area contributed by atoms with Gasteiger partial charge in [0, 0.05) is 18.7 Å². The molecule has 5 heteroatoms. The molecule has 0 amide bonds. The average molecular weight is 274 g/mol.